The van der Waals surface area contributed by atoms with Crippen molar-refractivity contribution in [3.05, 3.63) is 59.7 Å². The third-order valence-electron chi connectivity index (χ3n) is 5.55. The van der Waals surface area contributed by atoms with Crippen LogP contribution in [-0.4, -0.2) is 66.8 Å². The summed E-state index contributed by atoms with van der Waals surface area (Å²) < 4.78 is 9.98. The highest BCUT2D eigenvalue weighted by Gasteiger charge is 2.32. The number of benzene rings is 2. The average molecular weight is 454 g/mol. The molecule has 1 aliphatic carbocycles. The number of carboxylic acid groups (broad SMARTS) is 1. The normalized spacial score (nSPS) is 12.8. The molecule has 0 saturated heterocycles. The van der Waals surface area contributed by atoms with Gasteiger partial charge in [0, 0.05) is 12.5 Å². The molecule has 0 heterocycles. The van der Waals surface area contributed by atoms with Crippen molar-refractivity contribution >= 4 is 23.9 Å². The molecular weight excluding hydrogens is 428 g/mol. The summed E-state index contributed by atoms with van der Waals surface area (Å²) in [5, 5.41) is 11.5. The number of aliphatic carboxylic acids is 1. The van der Waals surface area contributed by atoms with Crippen molar-refractivity contribution in [3.63, 3.8) is 0 Å². The number of carboxylic acids is 1. The second-order valence-corrected chi connectivity index (χ2v) is 7.55. The topological polar surface area (TPSA) is 122 Å². The molecule has 2 aromatic carbocycles. The Kier molecular flexibility index (Phi) is 7.66. The van der Waals surface area contributed by atoms with Gasteiger partial charge in [0.2, 0.25) is 5.91 Å². The number of methoxy groups -OCH3 is 1. The van der Waals surface area contributed by atoms with Gasteiger partial charge in [-0.1, -0.05) is 48.5 Å². The van der Waals surface area contributed by atoms with Crippen LogP contribution in [0.4, 0.5) is 4.79 Å². The first kappa shape index (κ1) is 23.8. The Hall–Kier alpha value is -3.88. The van der Waals surface area contributed by atoms with E-state index in [1.54, 1.807) is 6.92 Å². The maximum atomic E-state index is 12.8. The van der Waals surface area contributed by atoms with E-state index in [1.807, 2.05) is 48.5 Å². The van der Waals surface area contributed by atoms with E-state index in [1.165, 1.54) is 7.11 Å². The van der Waals surface area contributed by atoms with Crippen molar-refractivity contribution in [1.29, 1.82) is 0 Å². The van der Waals surface area contributed by atoms with E-state index < -0.39 is 36.4 Å². The molecule has 33 heavy (non-hydrogen) atoms. The number of carbonyl (C=O) groups is 4. The van der Waals surface area contributed by atoms with Crippen LogP contribution in [0.15, 0.2) is 48.5 Å². The zero-order valence-corrected chi connectivity index (χ0v) is 18.4. The lowest BCUT2D eigenvalue weighted by atomic mass is 9.98. The highest BCUT2D eigenvalue weighted by molar-refractivity contribution is 5.91. The lowest BCUT2D eigenvalue weighted by Crippen LogP contribution is -2.51. The van der Waals surface area contributed by atoms with Crippen molar-refractivity contribution in [1.82, 2.24) is 10.2 Å². The molecule has 2 amide bonds. The quantitative estimate of drug-likeness (QED) is 0.558. The third-order valence-corrected chi connectivity index (χ3v) is 5.55. The van der Waals surface area contributed by atoms with E-state index in [-0.39, 0.29) is 25.6 Å². The number of nitrogens with one attached hydrogen (secondary N) is 1. The Morgan fingerprint density at radius 3 is 2.12 bits per heavy atom. The molecule has 0 aliphatic heterocycles. The van der Waals surface area contributed by atoms with E-state index in [0.29, 0.717) is 0 Å². The first-order valence-corrected chi connectivity index (χ1v) is 10.5. The van der Waals surface area contributed by atoms with Gasteiger partial charge in [0.05, 0.1) is 13.5 Å². The van der Waals surface area contributed by atoms with Crippen LogP contribution >= 0.6 is 0 Å². The van der Waals surface area contributed by atoms with Gasteiger partial charge in [0.1, 0.15) is 19.2 Å². The lowest BCUT2D eigenvalue weighted by Gasteiger charge is -2.25. The number of hydrogen-bond acceptors (Lipinski definition) is 6. The van der Waals surface area contributed by atoms with Crippen LogP contribution in [0, 0.1) is 0 Å². The van der Waals surface area contributed by atoms with Gasteiger partial charge in [0.25, 0.3) is 0 Å². The first-order chi connectivity index (χ1) is 15.8. The molecule has 1 atom stereocenters. The molecule has 0 bridgehead atoms. The van der Waals surface area contributed by atoms with Gasteiger partial charge in [-0.25, -0.2) is 4.79 Å². The fourth-order valence-corrected chi connectivity index (χ4v) is 3.94. The van der Waals surface area contributed by atoms with Gasteiger partial charge >= 0.3 is 18.0 Å². The molecule has 1 aliphatic rings. The van der Waals surface area contributed by atoms with E-state index in [0.717, 1.165) is 27.2 Å². The lowest BCUT2D eigenvalue weighted by molar-refractivity contribution is -0.148. The number of fused-ring (bicyclic) bond motifs is 3. The van der Waals surface area contributed by atoms with Crippen LogP contribution in [0.2, 0.25) is 0 Å². The summed E-state index contributed by atoms with van der Waals surface area (Å²) in [7, 11) is 1.18. The first-order valence-electron chi connectivity index (χ1n) is 10.5. The van der Waals surface area contributed by atoms with Crippen LogP contribution in [0.25, 0.3) is 11.1 Å². The molecular formula is C24H26N2O7. The van der Waals surface area contributed by atoms with Crippen molar-refractivity contribution in [2.24, 2.45) is 0 Å². The van der Waals surface area contributed by atoms with Gasteiger partial charge in [-0.15, -0.1) is 0 Å². The second-order valence-electron chi connectivity index (χ2n) is 7.55. The Balaban J connectivity index is 1.69. The zero-order valence-electron chi connectivity index (χ0n) is 18.4. The molecule has 0 fully saturated rings. The summed E-state index contributed by atoms with van der Waals surface area (Å²) in [6.07, 6.45) is -1.56. The summed E-state index contributed by atoms with van der Waals surface area (Å²) in [6.45, 7) is 1.43. The van der Waals surface area contributed by atoms with Crippen molar-refractivity contribution < 1.29 is 33.8 Å². The van der Waals surface area contributed by atoms with Gasteiger partial charge < -0.3 is 24.8 Å². The summed E-state index contributed by atoms with van der Waals surface area (Å²) in [5.41, 5.74) is 4.20. The molecule has 0 radical (unpaired) electrons. The van der Waals surface area contributed by atoms with E-state index in [4.69, 9.17) is 4.74 Å². The predicted molar refractivity (Wildman–Crippen MR) is 119 cm³/mol. The van der Waals surface area contributed by atoms with Crippen LogP contribution in [0.5, 0.6) is 0 Å². The standard InChI is InChI=1S/C24H26N2O7/c1-3-26(13-22(29)32-2)23(30)20(12-21(27)28)25-24(31)33-14-19-17-10-6-4-8-15(17)16-9-5-7-11-18(16)19/h4-11,19-20H,3,12-14H2,1-2H3,(H,25,31)(H,27,28). The SMILES string of the molecule is CCN(CC(=O)OC)C(=O)C(CC(=O)O)NC(=O)OCC1c2ccccc2-c2ccccc21. The molecule has 9 nitrogen and oxygen atoms in total. The minimum absolute atomic E-state index is 0.0213. The molecule has 3 rings (SSSR count). The minimum atomic E-state index is -1.39. The maximum absolute atomic E-state index is 12.8. The predicted octanol–water partition coefficient (Wildman–Crippen LogP) is 2.39. The highest BCUT2D eigenvalue weighted by Crippen LogP contribution is 2.44. The van der Waals surface area contributed by atoms with Crippen LogP contribution in [0.1, 0.15) is 30.4 Å². The number of ether oxygens (including phenoxy) is 2. The number of carbonyl (C=O) groups excluding carboxylic acids is 3. The van der Waals surface area contributed by atoms with Crippen LogP contribution < -0.4 is 5.32 Å². The summed E-state index contributed by atoms with van der Waals surface area (Å²) in [6, 6.07) is 14.3. The average Bonchev–Trinajstić information content (AvgIpc) is 3.13. The summed E-state index contributed by atoms with van der Waals surface area (Å²) in [4.78, 5) is 49.2. The zero-order chi connectivity index (χ0) is 24.0. The molecule has 0 spiro atoms. The molecule has 2 aromatic rings. The number of alkyl carbamates (subject to hydrolysis) is 1. The van der Waals surface area contributed by atoms with Crippen LogP contribution in [-0.2, 0) is 23.9 Å². The number of amides is 2. The molecule has 0 aromatic heterocycles. The fraction of sp³-hybridized carbons (Fsp3) is 0.333. The van der Waals surface area contributed by atoms with E-state index >= 15 is 0 Å². The van der Waals surface area contributed by atoms with Crippen molar-refractivity contribution in [2.45, 2.75) is 25.3 Å². The summed E-state index contributed by atoms with van der Waals surface area (Å²) >= 11 is 0. The van der Waals surface area contributed by atoms with Gasteiger partial charge in [-0.2, -0.15) is 0 Å². The van der Waals surface area contributed by atoms with Gasteiger partial charge in [0.15, 0.2) is 0 Å². The highest BCUT2D eigenvalue weighted by atomic mass is 16.5. The molecule has 0 saturated carbocycles. The number of hydrogen-bond donors (Lipinski definition) is 2. The monoisotopic (exact) mass is 454 g/mol. The number of esters is 1. The number of nitrogens with zero attached hydrogens (tertiary/aromatic N) is 1. The maximum Gasteiger partial charge on any atom is 0.407 e. The molecule has 9 heteroatoms. The third kappa shape index (κ3) is 5.49. The Morgan fingerprint density at radius 2 is 1.61 bits per heavy atom. The molecule has 174 valence electrons. The van der Waals surface area contributed by atoms with Crippen molar-refractivity contribution in [2.75, 3.05) is 26.8 Å². The van der Waals surface area contributed by atoms with Gasteiger partial charge in [-0.05, 0) is 29.2 Å². The van der Waals surface area contributed by atoms with E-state index in [9.17, 15) is 24.3 Å². The van der Waals surface area contributed by atoms with Crippen molar-refractivity contribution in [3.8, 4) is 11.1 Å². The smallest absolute Gasteiger partial charge is 0.407 e. The Bertz CT molecular complexity index is 1010. The fourth-order valence-electron chi connectivity index (χ4n) is 3.94. The Morgan fingerprint density at radius 1 is 1.03 bits per heavy atom. The second kappa shape index (κ2) is 10.6. The van der Waals surface area contributed by atoms with Gasteiger partial charge in [-0.3, -0.25) is 14.4 Å². The number of likely N-dealkylation sites (N-methyl/N-ethyl adjacent to an activating group) is 1. The Labute approximate surface area is 191 Å². The minimum Gasteiger partial charge on any atom is -0.481 e. The molecule has 2 N–H and O–H groups in total. The molecule has 1 unspecified atom stereocenters. The largest absolute Gasteiger partial charge is 0.481 e. The van der Waals surface area contributed by atoms with E-state index in [2.05, 4.69) is 10.1 Å². The van der Waals surface area contributed by atoms with Crippen LogP contribution in [0.3, 0.4) is 0 Å². The number of rotatable bonds is 9. The summed E-state index contributed by atoms with van der Waals surface area (Å²) in [5.74, 6) is -2.82.